The predicted octanol–water partition coefficient (Wildman–Crippen LogP) is 9.16. The van der Waals surface area contributed by atoms with E-state index in [4.69, 9.17) is 62.7 Å². The van der Waals surface area contributed by atoms with Crippen LogP contribution in [0.5, 0.6) is 0 Å². The number of alkyl halides is 12. The van der Waals surface area contributed by atoms with E-state index in [1.807, 2.05) is 0 Å². The zero-order valence-corrected chi connectivity index (χ0v) is 24.7. The number of ether oxygens (including phenoxy) is 1. The number of aliphatic hydroxyl groups is 1. The number of benzene rings is 3. The van der Waals surface area contributed by atoms with Crippen LogP contribution in [0.4, 0.5) is 30.7 Å². The van der Waals surface area contributed by atoms with Gasteiger partial charge in [0.05, 0.1) is 13.2 Å². The van der Waals surface area contributed by atoms with E-state index in [-0.39, 0.29) is 0 Å². The van der Waals surface area contributed by atoms with Crippen LogP contribution in [0, 0.1) is 0 Å². The summed E-state index contributed by atoms with van der Waals surface area (Å²) in [7, 11) is 0. The van der Waals surface area contributed by atoms with Crippen LogP contribution in [-0.4, -0.2) is 45.2 Å². The first kappa shape index (κ1) is 33.4. The van der Waals surface area contributed by atoms with Crippen molar-refractivity contribution >= 4 is 58.0 Å². The summed E-state index contributed by atoms with van der Waals surface area (Å²) < 4.78 is 115. The Labute approximate surface area is 261 Å². The van der Waals surface area contributed by atoms with Crippen LogP contribution in [0.3, 0.4) is 0 Å². The molecule has 0 amide bonds. The Morgan fingerprint density at radius 2 is 0.952 bits per heavy atom. The van der Waals surface area contributed by atoms with E-state index in [1.54, 1.807) is 0 Å². The smallest absolute Gasteiger partial charge is 0.394 e. The molecule has 1 aliphatic rings. The lowest BCUT2D eigenvalue weighted by atomic mass is 9.46. The van der Waals surface area contributed by atoms with E-state index < -0.39 is 72.5 Å². The molecule has 1 fully saturated rings. The van der Waals surface area contributed by atoms with Crippen LogP contribution >= 0.6 is 58.0 Å². The van der Waals surface area contributed by atoms with Crippen molar-refractivity contribution in [1.82, 2.24) is 0 Å². The fourth-order valence-electron chi connectivity index (χ4n) is 6.05. The molecule has 1 aliphatic carbocycles. The second kappa shape index (κ2) is 10.9. The molecular weight excluding hydrogens is 679 g/mol. The van der Waals surface area contributed by atoms with Crippen LogP contribution in [-0.2, 0) is 20.4 Å². The van der Waals surface area contributed by atoms with Gasteiger partial charge < -0.3 is 9.84 Å². The summed E-state index contributed by atoms with van der Waals surface area (Å²) in [5.74, 6) is 0. The minimum atomic E-state index is -6.11. The fourth-order valence-corrected chi connectivity index (χ4v) is 8.86. The Morgan fingerprint density at radius 3 is 1.31 bits per heavy atom. The molecule has 3 aromatic carbocycles. The molecule has 4 rings (SSSR count). The highest BCUT2D eigenvalue weighted by Gasteiger charge is 3.00. The van der Waals surface area contributed by atoms with E-state index in [2.05, 4.69) is 0 Å². The van der Waals surface area contributed by atoms with Crippen molar-refractivity contribution in [2.24, 2.45) is 0 Å². The summed E-state index contributed by atoms with van der Waals surface area (Å²) >= 11 is 33.0. The van der Waals surface area contributed by atoms with Crippen molar-refractivity contribution < 1.29 is 40.6 Å². The van der Waals surface area contributed by atoms with Crippen LogP contribution in [0.25, 0.3) is 0 Å². The predicted molar refractivity (Wildman–Crippen MR) is 148 cm³/mol. The Kier molecular flexibility index (Phi) is 8.64. The second-order valence-electron chi connectivity index (χ2n) is 9.57. The molecule has 0 radical (unpaired) electrons. The van der Waals surface area contributed by atoms with E-state index >= 15 is 30.7 Å². The average molecular weight is 699 g/mol. The van der Waals surface area contributed by atoms with Gasteiger partial charge in [-0.15, -0.1) is 11.6 Å². The summed E-state index contributed by atoms with van der Waals surface area (Å²) in [5, 5.41) is 0.541. The van der Waals surface area contributed by atoms with E-state index in [9.17, 15) is 5.11 Å². The lowest BCUT2D eigenvalue weighted by Gasteiger charge is -2.71. The van der Waals surface area contributed by atoms with Crippen molar-refractivity contribution in [1.29, 1.82) is 0 Å². The molecule has 0 saturated heterocycles. The van der Waals surface area contributed by atoms with Gasteiger partial charge >= 0.3 is 12.4 Å². The second-order valence-corrected chi connectivity index (χ2v) is 12.5. The molecule has 1 N–H and O–H groups in total. The summed E-state index contributed by atoms with van der Waals surface area (Å²) in [4.78, 5) is -3.68. The highest BCUT2D eigenvalue weighted by atomic mass is 35.5. The molecule has 1 saturated carbocycles. The summed E-state index contributed by atoms with van der Waals surface area (Å²) in [6.45, 7) is -2.37. The van der Waals surface area contributed by atoms with Crippen molar-refractivity contribution in [2.45, 2.75) is 42.6 Å². The number of hydrogen-bond acceptors (Lipinski definition) is 2. The Bertz CT molecular complexity index is 1390. The van der Waals surface area contributed by atoms with Gasteiger partial charge in [-0.2, -0.15) is 26.3 Å². The minimum absolute atomic E-state index is 0.670. The molecule has 14 heteroatoms. The molecule has 5 unspecified atom stereocenters. The Hall–Kier alpha value is -1.46. The van der Waals surface area contributed by atoms with Gasteiger partial charge in [0.2, 0.25) is 5.13 Å². The summed E-state index contributed by atoms with van der Waals surface area (Å²) in [6.07, 6.45) is -12.1. The SMILES string of the molecule is OCCOC1(Cl)C(c2ccccc2)(C(F)(F)F)C(F)(Cl)C(Cl)(Cl)C(Cl)(c2ccccc2)C1(c1ccccc1)C(F)(F)F. The molecule has 0 bridgehead atoms. The van der Waals surface area contributed by atoms with Crippen molar-refractivity contribution in [3.63, 3.8) is 0 Å². The van der Waals surface area contributed by atoms with E-state index in [0.29, 0.717) is 12.1 Å². The average Bonchev–Trinajstić information content (AvgIpc) is 2.91. The molecule has 228 valence electrons. The zero-order valence-electron chi connectivity index (χ0n) is 21.0. The van der Waals surface area contributed by atoms with Gasteiger partial charge in [-0.25, -0.2) is 4.39 Å². The van der Waals surface area contributed by atoms with Gasteiger partial charge in [-0.3, -0.25) is 0 Å². The monoisotopic (exact) mass is 696 g/mol. The molecule has 0 heterocycles. The topological polar surface area (TPSA) is 29.5 Å². The van der Waals surface area contributed by atoms with Crippen molar-refractivity contribution in [2.75, 3.05) is 13.2 Å². The number of rotatable bonds is 6. The van der Waals surface area contributed by atoms with Gasteiger partial charge in [-0.05, 0) is 16.7 Å². The highest BCUT2D eigenvalue weighted by Crippen LogP contribution is 2.83. The largest absolute Gasteiger partial charge is 0.407 e. The zero-order chi connectivity index (χ0) is 31.5. The number of aliphatic hydroxyl groups excluding tert-OH is 1. The van der Waals surface area contributed by atoms with Crippen molar-refractivity contribution in [3.05, 3.63) is 108 Å². The van der Waals surface area contributed by atoms with Gasteiger partial charge in [0.15, 0.2) is 20.2 Å². The standard InChI is InChI=1S/C28H20Cl5F7O2/c29-23(20-14-8-3-9-15-20)21(27(35,36)37,18-10-4-1-5-11-18)26(33,42-17-16-41)22(28(38,39)40,19-12-6-2-7-13-19)25(32,34)24(23,30)31/h1-15,41H,16-17H2. The van der Waals surface area contributed by atoms with Crippen LogP contribution in [0.15, 0.2) is 91.0 Å². The molecule has 0 spiro atoms. The quantitative estimate of drug-likeness (QED) is 0.206. The first-order chi connectivity index (χ1) is 19.4. The Morgan fingerprint density at radius 1 is 0.595 bits per heavy atom. The van der Waals surface area contributed by atoms with Crippen LogP contribution in [0.1, 0.15) is 16.7 Å². The molecule has 0 aliphatic heterocycles. The maximum atomic E-state index is 17.6. The summed E-state index contributed by atoms with van der Waals surface area (Å²) in [6, 6.07) is 15.3. The molecular formula is C28H20Cl5F7O2. The maximum Gasteiger partial charge on any atom is 0.407 e. The van der Waals surface area contributed by atoms with Gasteiger partial charge in [-0.1, -0.05) is 137 Å². The van der Waals surface area contributed by atoms with E-state index in [0.717, 1.165) is 48.5 Å². The number of hydrogen-bond donors (Lipinski definition) is 1. The van der Waals surface area contributed by atoms with E-state index in [1.165, 1.54) is 30.3 Å². The fraction of sp³-hybridized carbons (Fsp3) is 0.357. The molecule has 0 aromatic heterocycles. The molecule has 3 aromatic rings. The third kappa shape index (κ3) is 3.93. The lowest BCUT2D eigenvalue weighted by molar-refractivity contribution is -0.341. The normalized spacial score (nSPS) is 33.4. The van der Waals surface area contributed by atoms with Gasteiger partial charge in [0.25, 0.3) is 0 Å². The minimum Gasteiger partial charge on any atom is -0.394 e. The lowest BCUT2D eigenvalue weighted by Crippen LogP contribution is -2.89. The first-order valence-corrected chi connectivity index (χ1v) is 13.9. The molecule has 5 atom stereocenters. The van der Waals surface area contributed by atoms with Crippen LogP contribution in [0.2, 0.25) is 0 Å². The Balaban J connectivity index is 2.47. The maximum absolute atomic E-state index is 17.6. The molecule has 2 nitrogen and oxygen atoms in total. The van der Waals surface area contributed by atoms with Gasteiger partial charge in [0.1, 0.15) is 4.87 Å². The first-order valence-electron chi connectivity index (χ1n) is 12.1. The van der Waals surface area contributed by atoms with Gasteiger partial charge in [0, 0.05) is 0 Å². The molecule has 42 heavy (non-hydrogen) atoms. The van der Waals surface area contributed by atoms with Crippen LogP contribution < -0.4 is 0 Å². The van der Waals surface area contributed by atoms with Crippen molar-refractivity contribution in [3.8, 4) is 0 Å². The highest BCUT2D eigenvalue weighted by molar-refractivity contribution is 6.58. The third-order valence-corrected chi connectivity index (χ3v) is 11.1. The third-order valence-electron chi connectivity index (χ3n) is 7.61. The summed E-state index contributed by atoms with van der Waals surface area (Å²) in [5.41, 5.74) is -12.0. The number of halogens is 12.